The molecule has 0 atom stereocenters. The van der Waals surface area contributed by atoms with Gasteiger partial charge in [0.2, 0.25) is 0 Å². The number of amidine groups is 1. The summed E-state index contributed by atoms with van der Waals surface area (Å²) in [6, 6.07) is 3.43. The molecule has 2 heterocycles. The molecular formula is C9H9ClN4O2. The lowest BCUT2D eigenvalue weighted by atomic mass is 10.3. The third-order valence-corrected chi connectivity index (χ3v) is 2.45. The van der Waals surface area contributed by atoms with Gasteiger partial charge in [0.25, 0.3) is 6.54 Å². The van der Waals surface area contributed by atoms with Crippen molar-refractivity contribution in [2.24, 2.45) is 4.99 Å². The molecule has 7 heteroatoms. The minimum atomic E-state index is -0.388. The van der Waals surface area contributed by atoms with Gasteiger partial charge in [-0.1, -0.05) is 11.6 Å². The van der Waals surface area contributed by atoms with E-state index >= 15 is 0 Å². The lowest BCUT2D eigenvalue weighted by Gasteiger charge is -2.17. The Morgan fingerprint density at radius 2 is 2.38 bits per heavy atom. The minimum absolute atomic E-state index is 0.261. The van der Waals surface area contributed by atoms with E-state index in [4.69, 9.17) is 11.6 Å². The molecule has 0 saturated heterocycles. The number of nitro groups is 1. The fraction of sp³-hybridized carbons (Fsp3) is 0.333. The Kier molecular flexibility index (Phi) is 3.00. The summed E-state index contributed by atoms with van der Waals surface area (Å²) in [5.74, 6) is 0.467. The fourth-order valence-corrected chi connectivity index (χ4v) is 1.66. The minimum Gasteiger partial charge on any atom is -0.321 e. The second-order valence-electron chi connectivity index (χ2n) is 3.28. The standard InChI is InChI=1S/C9H9ClN4O2/c10-8-2-1-7(5-12-8)13-4-3-11-9(13)6-14(15)16/h1-2,5H,3-4,6H2. The molecule has 0 spiro atoms. The Bertz CT molecular complexity index is 432. The van der Waals surface area contributed by atoms with Crippen molar-refractivity contribution in [1.82, 2.24) is 4.98 Å². The van der Waals surface area contributed by atoms with Crippen molar-refractivity contribution in [3.63, 3.8) is 0 Å². The highest BCUT2D eigenvalue weighted by Gasteiger charge is 2.22. The highest BCUT2D eigenvalue weighted by molar-refractivity contribution is 6.29. The van der Waals surface area contributed by atoms with Crippen LogP contribution < -0.4 is 4.90 Å². The Hall–Kier alpha value is -1.69. The Morgan fingerprint density at radius 3 is 3.00 bits per heavy atom. The lowest BCUT2D eigenvalue weighted by Crippen LogP contribution is -2.32. The first-order valence-electron chi connectivity index (χ1n) is 4.71. The second-order valence-corrected chi connectivity index (χ2v) is 3.67. The molecule has 0 aliphatic carbocycles. The Morgan fingerprint density at radius 1 is 1.56 bits per heavy atom. The van der Waals surface area contributed by atoms with Gasteiger partial charge < -0.3 is 4.90 Å². The Balaban J connectivity index is 2.18. The molecule has 16 heavy (non-hydrogen) atoms. The van der Waals surface area contributed by atoms with Gasteiger partial charge in [-0.3, -0.25) is 15.1 Å². The van der Waals surface area contributed by atoms with Crippen molar-refractivity contribution in [3.05, 3.63) is 33.6 Å². The van der Waals surface area contributed by atoms with Crippen LogP contribution in [0.2, 0.25) is 5.15 Å². The monoisotopic (exact) mass is 240 g/mol. The normalized spacial score (nSPS) is 15.1. The molecule has 0 aromatic carbocycles. The van der Waals surface area contributed by atoms with Crippen molar-refractivity contribution in [2.75, 3.05) is 24.5 Å². The molecule has 1 aromatic rings. The summed E-state index contributed by atoms with van der Waals surface area (Å²) >= 11 is 5.67. The average molecular weight is 241 g/mol. The topological polar surface area (TPSA) is 71.6 Å². The molecule has 0 N–H and O–H groups in total. The number of rotatable bonds is 3. The summed E-state index contributed by atoms with van der Waals surface area (Å²) in [6.07, 6.45) is 1.59. The molecule has 0 radical (unpaired) electrons. The van der Waals surface area contributed by atoms with Gasteiger partial charge in [0.1, 0.15) is 5.15 Å². The van der Waals surface area contributed by atoms with Gasteiger partial charge in [-0.05, 0) is 12.1 Å². The molecule has 0 amide bonds. The van der Waals surface area contributed by atoms with Crippen LogP contribution in [-0.4, -0.2) is 35.4 Å². The van der Waals surface area contributed by atoms with Crippen molar-refractivity contribution >= 4 is 23.1 Å². The average Bonchev–Trinajstić information content (AvgIpc) is 2.66. The highest BCUT2D eigenvalue weighted by atomic mass is 35.5. The van der Waals surface area contributed by atoms with Crippen LogP contribution in [0.5, 0.6) is 0 Å². The number of pyridine rings is 1. The number of anilines is 1. The summed E-state index contributed by atoms with van der Waals surface area (Å²) in [7, 11) is 0. The molecule has 0 unspecified atom stereocenters. The van der Waals surface area contributed by atoms with Gasteiger partial charge >= 0.3 is 0 Å². The van der Waals surface area contributed by atoms with E-state index in [9.17, 15) is 10.1 Å². The first-order chi connectivity index (χ1) is 7.66. The zero-order chi connectivity index (χ0) is 11.5. The molecule has 0 fully saturated rings. The molecule has 1 aromatic heterocycles. The van der Waals surface area contributed by atoms with Gasteiger partial charge in [0.05, 0.1) is 18.4 Å². The zero-order valence-electron chi connectivity index (χ0n) is 8.34. The van der Waals surface area contributed by atoms with Gasteiger partial charge in [0.15, 0.2) is 5.84 Å². The molecule has 1 aliphatic rings. The van der Waals surface area contributed by atoms with Crippen LogP contribution in [0, 0.1) is 10.1 Å². The quantitative estimate of drug-likeness (QED) is 0.453. The maximum absolute atomic E-state index is 10.4. The number of nitrogens with zero attached hydrogens (tertiary/aromatic N) is 4. The highest BCUT2D eigenvalue weighted by Crippen LogP contribution is 2.18. The summed E-state index contributed by atoms with van der Waals surface area (Å²) < 4.78 is 0. The predicted molar refractivity (Wildman–Crippen MR) is 60.8 cm³/mol. The fourth-order valence-electron chi connectivity index (χ4n) is 1.55. The molecule has 1 aliphatic heterocycles. The van der Waals surface area contributed by atoms with Crippen LogP contribution >= 0.6 is 11.6 Å². The van der Waals surface area contributed by atoms with Gasteiger partial charge in [0, 0.05) is 11.5 Å². The van der Waals surface area contributed by atoms with Crippen molar-refractivity contribution in [3.8, 4) is 0 Å². The van der Waals surface area contributed by atoms with Crippen LogP contribution in [0.1, 0.15) is 0 Å². The Labute approximate surface area is 96.7 Å². The summed E-state index contributed by atoms with van der Waals surface area (Å²) in [6.45, 7) is 0.959. The van der Waals surface area contributed by atoms with E-state index in [1.165, 1.54) is 0 Å². The van der Waals surface area contributed by atoms with Crippen molar-refractivity contribution in [1.29, 1.82) is 0 Å². The summed E-state index contributed by atoms with van der Waals surface area (Å²) in [5.41, 5.74) is 0.780. The van der Waals surface area contributed by atoms with E-state index in [1.54, 1.807) is 23.2 Å². The van der Waals surface area contributed by atoms with Crippen LogP contribution in [0.3, 0.4) is 0 Å². The van der Waals surface area contributed by atoms with Gasteiger partial charge in [-0.15, -0.1) is 0 Å². The summed E-state index contributed by atoms with van der Waals surface area (Å²) in [4.78, 5) is 19.9. The maximum Gasteiger partial charge on any atom is 0.260 e. The number of aliphatic imine (C=N–C) groups is 1. The van der Waals surface area contributed by atoms with E-state index in [0.29, 0.717) is 24.1 Å². The molecule has 84 valence electrons. The number of aromatic nitrogens is 1. The van der Waals surface area contributed by atoms with E-state index in [-0.39, 0.29) is 11.5 Å². The maximum atomic E-state index is 10.4. The molecule has 6 nitrogen and oxygen atoms in total. The largest absolute Gasteiger partial charge is 0.321 e. The second kappa shape index (κ2) is 4.44. The third kappa shape index (κ3) is 2.27. The number of hydrogen-bond acceptors (Lipinski definition) is 5. The van der Waals surface area contributed by atoms with Gasteiger partial charge in [-0.2, -0.15) is 0 Å². The third-order valence-electron chi connectivity index (χ3n) is 2.22. The zero-order valence-corrected chi connectivity index (χ0v) is 9.09. The SMILES string of the molecule is O=[N+]([O-])CC1=NCCN1c1ccc(Cl)nc1. The number of halogens is 1. The molecule has 0 saturated carbocycles. The first-order valence-corrected chi connectivity index (χ1v) is 5.09. The van der Waals surface area contributed by atoms with Crippen LogP contribution in [-0.2, 0) is 0 Å². The smallest absolute Gasteiger partial charge is 0.260 e. The molecule has 2 rings (SSSR count). The van der Waals surface area contributed by atoms with E-state index in [1.807, 2.05) is 0 Å². The van der Waals surface area contributed by atoms with Crippen LogP contribution in [0.25, 0.3) is 0 Å². The van der Waals surface area contributed by atoms with Crippen molar-refractivity contribution < 1.29 is 4.92 Å². The lowest BCUT2D eigenvalue weighted by molar-refractivity contribution is -0.463. The van der Waals surface area contributed by atoms with Crippen molar-refractivity contribution in [2.45, 2.75) is 0 Å². The van der Waals surface area contributed by atoms with E-state index < -0.39 is 0 Å². The van der Waals surface area contributed by atoms with Gasteiger partial charge in [-0.25, -0.2) is 4.98 Å². The van der Waals surface area contributed by atoms with Crippen LogP contribution in [0.4, 0.5) is 5.69 Å². The number of hydrogen-bond donors (Lipinski definition) is 0. The molecular weight excluding hydrogens is 232 g/mol. The summed E-state index contributed by atoms with van der Waals surface area (Å²) in [5, 5.41) is 10.8. The molecule has 0 bridgehead atoms. The van der Waals surface area contributed by atoms with E-state index in [2.05, 4.69) is 9.98 Å². The predicted octanol–water partition coefficient (Wildman–Crippen LogP) is 1.23. The first kappa shape index (κ1) is 10.8. The van der Waals surface area contributed by atoms with Crippen LogP contribution in [0.15, 0.2) is 23.3 Å². The van der Waals surface area contributed by atoms with E-state index in [0.717, 1.165) is 5.69 Å².